The van der Waals surface area contributed by atoms with Crippen LogP contribution in [0.3, 0.4) is 0 Å². The van der Waals surface area contributed by atoms with E-state index in [4.69, 9.17) is 14.5 Å². The summed E-state index contributed by atoms with van der Waals surface area (Å²) in [6.07, 6.45) is 3.54. The second kappa shape index (κ2) is 10.6. The maximum absolute atomic E-state index is 13.2. The van der Waals surface area contributed by atoms with Gasteiger partial charge in [0.05, 0.1) is 30.3 Å². The van der Waals surface area contributed by atoms with Crippen LogP contribution in [0.15, 0.2) is 57.7 Å². The molecular weight excluding hydrogens is 438 g/mol. The minimum absolute atomic E-state index is 0.123. The molecule has 2 atom stereocenters. The highest BCUT2D eigenvalue weighted by atomic mass is 32.2. The Kier molecular flexibility index (Phi) is 7.55. The number of likely N-dealkylation sites (tertiary alicyclic amines) is 1. The molecule has 1 amide bonds. The highest BCUT2D eigenvalue weighted by Crippen LogP contribution is 2.45. The van der Waals surface area contributed by atoms with Gasteiger partial charge in [0.15, 0.2) is 5.17 Å². The highest BCUT2D eigenvalue weighted by Gasteiger charge is 2.41. The molecule has 0 saturated carbocycles. The molecule has 3 heterocycles. The molecule has 3 aliphatic rings. The van der Waals surface area contributed by atoms with Gasteiger partial charge in [-0.05, 0) is 44.1 Å². The van der Waals surface area contributed by atoms with Crippen LogP contribution in [0.1, 0.15) is 51.1 Å². The molecule has 0 spiro atoms. The summed E-state index contributed by atoms with van der Waals surface area (Å²) in [4.78, 5) is 35.1. The SMILES string of the molecule is COCCOC(=O)C1=C(C)N=C2SC=C(CC(=O)N3CCCC[C@@H]3C)N2[C@@H]1c1ccccc1. The molecule has 0 radical (unpaired) electrons. The van der Waals surface area contributed by atoms with E-state index in [1.54, 1.807) is 7.11 Å². The number of thioether (sulfide) groups is 1. The number of aliphatic imine (C=N–C) groups is 1. The molecule has 1 saturated heterocycles. The van der Waals surface area contributed by atoms with Gasteiger partial charge in [-0.25, -0.2) is 9.79 Å². The molecular formula is C25H31N3O4S. The molecule has 33 heavy (non-hydrogen) atoms. The van der Waals surface area contributed by atoms with Gasteiger partial charge in [-0.3, -0.25) is 4.79 Å². The number of allylic oxidation sites excluding steroid dienone is 1. The lowest BCUT2D eigenvalue weighted by atomic mass is 9.94. The van der Waals surface area contributed by atoms with E-state index >= 15 is 0 Å². The Balaban J connectivity index is 1.64. The minimum atomic E-state index is -0.409. The lowest BCUT2D eigenvalue weighted by Crippen LogP contribution is -2.43. The molecule has 176 valence electrons. The summed E-state index contributed by atoms with van der Waals surface area (Å²) in [5, 5.41) is 2.78. The number of piperidine rings is 1. The molecule has 0 aromatic heterocycles. The van der Waals surface area contributed by atoms with Gasteiger partial charge >= 0.3 is 5.97 Å². The smallest absolute Gasteiger partial charge is 0.338 e. The summed E-state index contributed by atoms with van der Waals surface area (Å²) in [6.45, 7) is 5.27. The van der Waals surface area contributed by atoms with Crippen LogP contribution in [0.2, 0.25) is 0 Å². The minimum Gasteiger partial charge on any atom is -0.460 e. The first-order valence-electron chi connectivity index (χ1n) is 11.5. The third-order valence-corrected chi connectivity index (χ3v) is 7.20. The van der Waals surface area contributed by atoms with Crippen molar-refractivity contribution in [1.82, 2.24) is 9.80 Å². The van der Waals surface area contributed by atoms with Gasteiger partial charge in [0, 0.05) is 25.4 Å². The highest BCUT2D eigenvalue weighted by molar-refractivity contribution is 8.16. The van der Waals surface area contributed by atoms with Crippen LogP contribution in [-0.4, -0.2) is 59.8 Å². The van der Waals surface area contributed by atoms with Crippen molar-refractivity contribution in [2.24, 2.45) is 4.99 Å². The van der Waals surface area contributed by atoms with Crippen molar-refractivity contribution in [3.63, 3.8) is 0 Å². The third-order valence-electron chi connectivity index (χ3n) is 6.31. The predicted molar refractivity (Wildman–Crippen MR) is 129 cm³/mol. The van der Waals surface area contributed by atoms with Crippen LogP contribution in [0.5, 0.6) is 0 Å². The number of amides is 1. The quantitative estimate of drug-likeness (QED) is 0.439. The first-order chi connectivity index (χ1) is 16.0. The van der Waals surface area contributed by atoms with Gasteiger partial charge in [0.25, 0.3) is 0 Å². The predicted octanol–water partition coefficient (Wildman–Crippen LogP) is 4.24. The number of esters is 1. The average molecular weight is 470 g/mol. The Hall–Kier alpha value is -2.58. The molecule has 0 aliphatic carbocycles. The fraction of sp³-hybridized carbons (Fsp3) is 0.480. The van der Waals surface area contributed by atoms with Crippen molar-refractivity contribution in [2.45, 2.75) is 51.6 Å². The molecule has 1 fully saturated rings. The van der Waals surface area contributed by atoms with Crippen LogP contribution < -0.4 is 0 Å². The Morgan fingerprint density at radius 1 is 1.18 bits per heavy atom. The molecule has 4 rings (SSSR count). The molecule has 0 unspecified atom stereocenters. The molecule has 3 aliphatic heterocycles. The fourth-order valence-electron chi connectivity index (χ4n) is 4.60. The summed E-state index contributed by atoms with van der Waals surface area (Å²) >= 11 is 1.50. The summed E-state index contributed by atoms with van der Waals surface area (Å²) in [5.74, 6) is -0.286. The number of ether oxygens (including phenoxy) is 2. The van der Waals surface area contributed by atoms with E-state index in [-0.39, 0.29) is 25.0 Å². The summed E-state index contributed by atoms with van der Waals surface area (Å²) < 4.78 is 10.5. The van der Waals surface area contributed by atoms with Gasteiger partial charge in [-0.15, -0.1) is 0 Å². The van der Waals surface area contributed by atoms with Crippen LogP contribution in [0.25, 0.3) is 0 Å². The Bertz CT molecular complexity index is 989. The van der Waals surface area contributed by atoms with Crippen LogP contribution >= 0.6 is 11.8 Å². The number of carbonyl (C=O) groups excluding carboxylic acids is 2. The van der Waals surface area contributed by atoms with Gasteiger partial charge in [0.1, 0.15) is 6.61 Å². The molecule has 1 aromatic rings. The second-order valence-corrected chi connectivity index (χ2v) is 9.38. The van der Waals surface area contributed by atoms with Crippen LogP contribution in [0, 0.1) is 0 Å². The largest absolute Gasteiger partial charge is 0.460 e. The molecule has 0 N–H and O–H groups in total. The Morgan fingerprint density at radius 2 is 1.97 bits per heavy atom. The molecule has 1 aromatic carbocycles. The molecule has 7 nitrogen and oxygen atoms in total. The lowest BCUT2D eigenvalue weighted by molar-refractivity contribution is -0.141. The van der Waals surface area contributed by atoms with Gasteiger partial charge in [-0.1, -0.05) is 42.1 Å². The van der Waals surface area contributed by atoms with E-state index in [2.05, 4.69) is 6.92 Å². The first kappa shape index (κ1) is 23.6. The zero-order chi connectivity index (χ0) is 23.4. The Morgan fingerprint density at radius 3 is 2.70 bits per heavy atom. The maximum atomic E-state index is 13.2. The van der Waals surface area contributed by atoms with Crippen molar-refractivity contribution in [3.8, 4) is 0 Å². The standard InChI is InChI=1S/C25H31N3O4S/c1-17-9-7-8-12-27(17)21(29)15-20-16-33-25-26-18(2)22(24(30)32-14-13-31-3)23(28(20)25)19-10-5-4-6-11-19/h4-6,10-11,16-17,23H,7-9,12-15H2,1-3H3/t17-,23+/m0/s1. The van der Waals surface area contributed by atoms with E-state index in [0.29, 0.717) is 17.9 Å². The average Bonchev–Trinajstić information content (AvgIpc) is 3.20. The summed E-state index contributed by atoms with van der Waals surface area (Å²) in [7, 11) is 1.57. The topological polar surface area (TPSA) is 71.4 Å². The van der Waals surface area contributed by atoms with Gasteiger partial charge in [-0.2, -0.15) is 0 Å². The summed E-state index contributed by atoms with van der Waals surface area (Å²) in [6, 6.07) is 9.71. The summed E-state index contributed by atoms with van der Waals surface area (Å²) in [5.41, 5.74) is 2.95. The third kappa shape index (κ3) is 5.01. The monoisotopic (exact) mass is 469 g/mol. The lowest BCUT2D eigenvalue weighted by Gasteiger charge is -2.38. The number of rotatable bonds is 7. The second-order valence-electron chi connectivity index (χ2n) is 8.54. The number of hydrogen-bond acceptors (Lipinski definition) is 7. The van der Waals surface area contributed by atoms with E-state index in [1.807, 2.05) is 52.5 Å². The normalized spacial score (nSPS) is 22.6. The zero-order valence-electron chi connectivity index (χ0n) is 19.5. The number of methoxy groups -OCH3 is 1. The van der Waals surface area contributed by atoms with Crippen LogP contribution in [-0.2, 0) is 19.1 Å². The number of hydrogen-bond donors (Lipinski definition) is 0. The first-order valence-corrected chi connectivity index (χ1v) is 12.3. The van der Waals surface area contributed by atoms with Gasteiger partial charge in [0.2, 0.25) is 5.91 Å². The Labute approximate surface area is 199 Å². The van der Waals surface area contributed by atoms with E-state index in [9.17, 15) is 9.59 Å². The molecule has 0 bridgehead atoms. The van der Waals surface area contributed by atoms with Crippen molar-refractivity contribution < 1.29 is 19.1 Å². The van der Waals surface area contributed by atoms with Gasteiger partial charge < -0.3 is 19.3 Å². The molecule has 8 heteroatoms. The zero-order valence-corrected chi connectivity index (χ0v) is 20.3. The maximum Gasteiger partial charge on any atom is 0.338 e. The number of carbonyl (C=O) groups is 2. The number of amidine groups is 1. The number of benzene rings is 1. The number of nitrogens with zero attached hydrogens (tertiary/aromatic N) is 3. The van der Waals surface area contributed by atoms with Crippen molar-refractivity contribution >= 4 is 28.8 Å². The van der Waals surface area contributed by atoms with Crippen LogP contribution in [0.4, 0.5) is 0 Å². The van der Waals surface area contributed by atoms with Crippen molar-refractivity contribution in [3.05, 3.63) is 58.3 Å². The van der Waals surface area contributed by atoms with Crippen molar-refractivity contribution in [2.75, 3.05) is 26.9 Å². The van der Waals surface area contributed by atoms with E-state index < -0.39 is 12.0 Å². The fourth-order valence-corrected chi connectivity index (χ4v) is 5.57. The van der Waals surface area contributed by atoms with E-state index in [0.717, 1.165) is 35.8 Å². The van der Waals surface area contributed by atoms with E-state index in [1.165, 1.54) is 18.2 Å². The van der Waals surface area contributed by atoms with Crippen molar-refractivity contribution in [1.29, 1.82) is 0 Å². The number of fused-ring (bicyclic) bond motifs is 1.